The lowest BCUT2D eigenvalue weighted by Gasteiger charge is -2.32. The van der Waals surface area contributed by atoms with Gasteiger partial charge in [-0.15, -0.1) is 0 Å². The number of piperidine rings is 1. The minimum absolute atomic E-state index is 0.118. The molecule has 138 valence electrons. The number of benzene rings is 1. The van der Waals surface area contributed by atoms with Crippen molar-refractivity contribution in [2.75, 3.05) is 39.6 Å². The number of anilines is 1. The first-order valence-corrected chi connectivity index (χ1v) is 9.33. The maximum absolute atomic E-state index is 12.6. The second-order valence-electron chi connectivity index (χ2n) is 6.01. The Balaban J connectivity index is 2.13. The van der Waals surface area contributed by atoms with E-state index in [9.17, 15) is 18.0 Å². The van der Waals surface area contributed by atoms with E-state index in [1.165, 1.54) is 25.5 Å². The Hall–Kier alpha value is -1.97. The third kappa shape index (κ3) is 4.36. The Morgan fingerprint density at radius 3 is 2.60 bits per heavy atom. The van der Waals surface area contributed by atoms with E-state index < -0.39 is 22.1 Å². The van der Waals surface area contributed by atoms with E-state index >= 15 is 0 Å². The molecule has 0 radical (unpaired) electrons. The van der Waals surface area contributed by atoms with Gasteiger partial charge in [0.25, 0.3) is 10.2 Å². The predicted octanol–water partition coefficient (Wildman–Crippen LogP) is 0.930. The van der Waals surface area contributed by atoms with Crippen molar-refractivity contribution < 1.29 is 22.7 Å². The van der Waals surface area contributed by atoms with Gasteiger partial charge >= 0.3 is 5.97 Å². The Bertz CT molecular complexity index is 748. The number of esters is 1. The van der Waals surface area contributed by atoms with Crippen LogP contribution in [0.5, 0.6) is 0 Å². The highest BCUT2D eigenvalue weighted by molar-refractivity contribution is 7.86. The smallest absolute Gasteiger partial charge is 0.339 e. The van der Waals surface area contributed by atoms with Crippen LogP contribution in [0.4, 0.5) is 5.69 Å². The van der Waals surface area contributed by atoms with Gasteiger partial charge in [-0.1, -0.05) is 12.1 Å². The van der Waals surface area contributed by atoms with E-state index in [0.29, 0.717) is 25.1 Å². The molecule has 1 aliphatic rings. The lowest BCUT2D eigenvalue weighted by molar-refractivity contribution is -0.120. The fraction of sp³-hybridized carbons (Fsp3) is 0.500. The normalized spacial score (nSPS) is 18.8. The van der Waals surface area contributed by atoms with Gasteiger partial charge in [0.05, 0.1) is 24.3 Å². The minimum Gasteiger partial charge on any atom is -0.465 e. The van der Waals surface area contributed by atoms with E-state index in [0.717, 1.165) is 4.31 Å². The first kappa shape index (κ1) is 19.4. The van der Waals surface area contributed by atoms with Crippen molar-refractivity contribution in [2.24, 2.45) is 5.92 Å². The number of rotatable bonds is 5. The van der Waals surface area contributed by atoms with Crippen molar-refractivity contribution in [3.8, 4) is 0 Å². The van der Waals surface area contributed by atoms with Gasteiger partial charge in [0, 0.05) is 27.2 Å². The summed E-state index contributed by atoms with van der Waals surface area (Å²) in [6.07, 6.45) is 1.19. The van der Waals surface area contributed by atoms with Gasteiger partial charge in [-0.05, 0) is 25.0 Å². The van der Waals surface area contributed by atoms with Crippen molar-refractivity contribution in [3.63, 3.8) is 0 Å². The molecule has 9 heteroatoms. The molecule has 1 amide bonds. The number of methoxy groups -OCH3 is 1. The molecule has 1 saturated heterocycles. The fourth-order valence-electron chi connectivity index (χ4n) is 2.71. The Labute approximate surface area is 147 Å². The largest absolute Gasteiger partial charge is 0.465 e. The van der Waals surface area contributed by atoms with Gasteiger partial charge in [0.1, 0.15) is 0 Å². The van der Waals surface area contributed by atoms with E-state index in [1.54, 1.807) is 24.3 Å². The molecule has 2 rings (SSSR count). The maximum Gasteiger partial charge on any atom is 0.339 e. The van der Waals surface area contributed by atoms with Gasteiger partial charge in [0.2, 0.25) is 5.91 Å². The van der Waals surface area contributed by atoms with Crippen molar-refractivity contribution in [3.05, 3.63) is 29.8 Å². The molecule has 0 aliphatic carbocycles. The van der Waals surface area contributed by atoms with Crippen molar-refractivity contribution in [1.29, 1.82) is 0 Å². The van der Waals surface area contributed by atoms with Gasteiger partial charge in [-0.2, -0.15) is 17.0 Å². The lowest BCUT2D eigenvalue weighted by atomic mass is 9.98. The monoisotopic (exact) mass is 369 g/mol. The number of nitrogens with zero attached hydrogens (tertiary/aromatic N) is 2. The molecule has 0 aromatic heterocycles. The SMILES string of the molecule is COC(=O)c1ccccc1NC(=O)C1CCCN(S(=O)(=O)N(C)C)C1. The van der Waals surface area contributed by atoms with Crippen LogP contribution in [0.25, 0.3) is 0 Å². The van der Waals surface area contributed by atoms with Gasteiger partial charge < -0.3 is 10.1 Å². The van der Waals surface area contributed by atoms with Gasteiger partial charge in [-0.3, -0.25) is 4.79 Å². The van der Waals surface area contributed by atoms with Crippen molar-refractivity contribution >= 4 is 27.8 Å². The van der Waals surface area contributed by atoms with Crippen LogP contribution in [0.1, 0.15) is 23.2 Å². The van der Waals surface area contributed by atoms with Crippen LogP contribution in [0.2, 0.25) is 0 Å². The molecule has 0 saturated carbocycles. The summed E-state index contributed by atoms with van der Waals surface area (Å²) >= 11 is 0. The zero-order chi connectivity index (χ0) is 18.6. The molecule has 25 heavy (non-hydrogen) atoms. The van der Waals surface area contributed by atoms with Gasteiger partial charge in [0.15, 0.2) is 0 Å². The Morgan fingerprint density at radius 1 is 1.28 bits per heavy atom. The average molecular weight is 369 g/mol. The van der Waals surface area contributed by atoms with E-state index in [4.69, 9.17) is 4.74 Å². The highest BCUT2D eigenvalue weighted by atomic mass is 32.2. The third-order valence-electron chi connectivity index (χ3n) is 4.13. The molecule has 1 N–H and O–H groups in total. The maximum atomic E-state index is 12.6. The predicted molar refractivity (Wildman–Crippen MR) is 93.3 cm³/mol. The van der Waals surface area contributed by atoms with E-state index in [2.05, 4.69) is 5.32 Å². The fourth-order valence-corrected chi connectivity index (χ4v) is 3.90. The number of hydrogen-bond acceptors (Lipinski definition) is 5. The molecule has 0 bridgehead atoms. The van der Waals surface area contributed by atoms with Crippen LogP contribution in [-0.4, -0.2) is 63.2 Å². The minimum atomic E-state index is -3.55. The zero-order valence-corrected chi connectivity index (χ0v) is 15.4. The summed E-state index contributed by atoms with van der Waals surface area (Å²) in [5.41, 5.74) is 0.610. The third-order valence-corrected chi connectivity index (χ3v) is 6.04. The summed E-state index contributed by atoms with van der Waals surface area (Å²) in [4.78, 5) is 24.4. The van der Waals surface area contributed by atoms with Crippen LogP contribution in [0.3, 0.4) is 0 Å². The average Bonchev–Trinajstić information content (AvgIpc) is 2.61. The topological polar surface area (TPSA) is 96.0 Å². The molecule has 1 aromatic carbocycles. The summed E-state index contributed by atoms with van der Waals surface area (Å²) in [6.45, 7) is 0.510. The highest BCUT2D eigenvalue weighted by Gasteiger charge is 2.33. The molecule has 1 aliphatic heterocycles. The molecular weight excluding hydrogens is 346 g/mol. The summed E-state index contributed by atoms with van der Waals surface area (Å²) in [5, 5.41) is 2.72. The standard InChI is InChI=1S/C16H23N3O5S/c1-18(2)25(22,23)19-10-6-7-12(11-19)15(20)17-14-9-5-4-8-13(14)16(21)24-3/h4-5,8-9,12H,6-7,10-11H2,1-3H3,(H,17,20). The van der Waals surface area contributed by atoms with E-state index in [1.807, 2.05) is 0 Å². The Kier molecular flexibility index (Phi) is 6.15. The lowest BCUT2D eigenvalue weighted by Crippen LogP contribution is -2.47. The molecule has 1 aromatic rings. The van der Waals surface area contributed by atoms with E-state index in [-0.39, 0.29) is 18.0 Å². The second kappa shape index (κ2) is 7.94. The highest BCUT2D eigenvalue weighted by Crippen LogP contribution is 2.23. The van der Waals surface area contributed by atoms with Crippen LogP contribution >= 0.6 is 0 Å². The number of amides is 1. The summed E-state index contributed by atoms with van der Waals surface area (Å²) < 4.78 is 31.7. The van der Waals surface area contributed by atoms with Crippen LogP contribution in [0.15, 0.2) is 24.3 Å². The second-order valence-corrected chi connectivity index (χ2v) is 8.16. The molecule has 1 atom stereocenters. The number of hydrogen-bond donors (Lipinski definition) is 1. The number of carbonyl (C=O) groups excluding carboxylic acids is 2. The summed E-state index contributed by atoms with van der Waals surface area (Å²) in [6, 6.07) is 6.55. The zero-order valence-electron chi connectivity index (χ0n) is 14.6. The molecule has 1 unspecified atom stereocenters. The van der Waals surface area contributed by atoms with Crippen LogP contribution in [-0.2, 0) is 19.7 Å². The van der Waals surface area contributed by atoms with Crippen molar-refractivity contribution in [2.45, 2.75) is 12.8 Å². The van der Waals surface area contributed by atoms with Crippen molar-refractivity contribution in [1.82, 2.24) is 8.61 Å². The summed E-state index contributed by atoms with van der Waals surface area (Å²) in [5.74, 6) is -1.33. The Morgan fingerprint density at radius 2 is 1.96 bits per heavy atom. The molecule has 8 nitrogen and oxygen atoms in total. The number of ether oxygens (including phenoxy) is 1. The van der Waals surface area contributed by atoms with Crippen LogP contribution < -0.4 is 5.32 Å². The number of para-hydroxylation sites is 1. The number of nitrogens with one attached hydrogen (secondary N) is 1. The van der Waals surface area contributed by atoms with Crippen LogP contribution in [0, 0.1) is 5.92 Å². The molecule has 0 spiro atoms. The molecule has 1 heterocycles. The quantitative estimate of drug-likeness (QED) is 0.779. The first-order chi connectivity index (χ1) is 11.8. The first-order valence-electron chi connectivity index (χ1n) is 7.93. The number of carbonyl (C=O) groups is 2. The molecule has 1 fully saturated rings. The van der Waals surface area contributed by atoms with Gasteiger partial charge in [-0.25, -0.2) is 4.79 Å². The molecular formula is C16H23N3O5S. The summed E-state index contributed by atoms with van der Waals surface area (Å²) in [7, 11) is 0.645.